The lowest BCUT2D eigenvalue weighted by Gasteiger charge is -2.34. The summed E-state index contributed by atoms with van der Waals surface area (Å²) in [6.07, 6.45) is 0.0577. The Balaban J connectivity index is 1.65. The van der Waals surface area contributed by atoms with Crippen molar-refractivity contribution in [2.24, 2.45) is 0 Å². The summed E-state index contributed by atoms with van der Waals surface area (Å²) in [5.41, 5.74) is -0.179. The molecule has 1 aromatic carbocycles. The number of ketones is 1. The molecule has 0 bridgehead atoms. The highest BCUT2D eigenvalue weighted by Gasteiger charge is 2.35. The quantitative estimate of drug-likeness (QED) is 0.466. The van der Waals surface area contributed by atoms with Crippen LogP contribution in [0, 0.1) is 0 Å². The number of benzene rings is 1. The molecule has 0 aliphatic carbocycles. The Labute approximate surface area is 165 Å². The normalized spacial score (nSPS) is 18.4. The summed E-state index contributed by atoms with van der Waals surface area (Å²) in [5, 5.41) is 2.33. The SMILES string of the molecule is O=C(CC1COCCN1S(=O)(=O)c1ccc2oc(=O)ccc2c1)c1cccs1. The summed E-state index contributed by atoms with van der Waals surface area (Å²) in [4.78, 5) is 24.5. The van der Waals surface area contributed by atoms with Crippen LogP contribution in [-0.2, 0) is 14.8 Å². The maximum atomic E-state index is 13.2. The minimum Gasteiger partial charge on any atom is -0.423 e. The van der Waals surface area contributed by atoms with E-state index in [4.69, 9.17) is 9.15 Å². The lowest BCUT2D eigenvalue weighted by molar-refractivity contribution is 0.0294. The molecule has 0 saturated carbocycles. The zero-order chi connectivity index (χ0) is 19.7. The number of fused-ring (bicyclic) bond motifs is 1. The fourth-order valence-corrected chi connectivity index (χ4v) is 5.52. The molecule has 1 fully saturated rings. The zero-order valence-electron chi connectivity index (χ0n) is 14.7. The molecule has 0 spiro atoms. The topological polar surface area (TPSA) is 93.9 Å². The largest absolute Gasteiger partial charge is 0.423 e. The molecule has 7 nitrogen and oxygen atoms in total. The first kappa shape index (κ1) is 19.0. The van der Waals surface area contributed by atoms with Gasteiger partial charge < -0.3 is 9.15 Å². The number of hydrogen-bond donors (Lipinski definition) is 0. The van der Waals surface area contributed by atoms with Gasteiger partial charge in [0.2, 0.25) is 10.0 Å². The minimum absolute atomic E-state index is 0.0577. The number of morpholine rings is 1. The molecule has 2 aromatic heterocycles. The molecule has 0 radical (unpaired) electrons. The first-order valence-electron chi connectivity index (χ1n) is 8.65. The summed E-state index contributed by atoms with van der Waals surface area (Å²) in [6.45, 7) is 0.608. The molecule has 9 heteroatoms. The predicted molar refractivity (Wildman–Crippen MR) is 104 cm³/mol. The lowest BCUT2D eigenvalue weighted by atomic mass is 10.1. The molecular weight excluding hydrogens is 402 g/mol. The van der Waals surface area contributed by atoms with Gasteiger partial charge in [-0.25, -0.2) is 13.2 Å². The van der Waals surface area contributed by atoms with Crippen LogP contribution in [0.3, 0.4) is 0 Å². The van der Waals surface area contributed by atoms with E-state index in [0.717, 1.165) is 0 Å². The van der Waals surface area contributed by atoms with E-state index in [1.807, 2.05) is 5.38 Å². The van der Waals surface area contributed by atoms with Crippen LogP contribution in [0.15, 0.2) is 62.0 Å². The summed E-state index contributed by atoms with van der Waals surface area (Å²) >= 11 is 1.33. The molecule has 3 heterocycles. The van der Waals surface area contributed by atoms with E-state index in [2.05, 4.69) is 0 Å². The first-order chi connectivity index (χ1) is 13.4. The van der Waals surface area contributed by atoms with Crippen molar-refractivity contribution < 1.29 is 22.4 Å². The van der Waals surface area contributed by atoms with Crippen LogP contribution in [0.2, 0.25) is 0 Å². The Morgan fingerprint density at radius 1 is 1.21 bits per heavy atom. The Morgan fingerprint density at radius 3 is 2.86 bits per heavy atom. The maximum absolute atomic E-state index is 13.2. The molecule has 1 saturated heterocycles. The van der Waals surface area contributed by atoms with Gasteiger partial charge in [-0.15, -0.1) is 11.3 Å². The number of carbonyl (C=O) groups excluding carboxylic acids is 1. The number of ether oxygens (including phenoxy) is 1. The van der Waals surface area contributed by atoms with Crippen molar-refractivity contribution in [3.63, 3.8) is 0 Å². The highest BCUT2D eigenvalue weighted by Crippen LogP contribution is 2.26. The molecule has 1 aliphatic heterocycles. The predicted octanol–water partition coefficient (Wildman–Crippen LogP) is 2.52. The number of carbonyl (C=O) groups is 1. The van der Waals surface area contributed by atoms with E-state index in [9.17, 15) is 18.0 Å². The number of nitrogens with zero attached hydrogens (tertiary/aromatic N) is 1. The highest BCUT2D eigenvalue weighted by atomic mass is 32.2. The van der Waals surface area contributed by atoms with E-state index in [1.165, 1.54) is 46.0 Å². The van der Waals surface area contributed by atoms with Crippen LogP contribution < -0.4 is 5.63 Å². The Morgan fingerprint density at radius 2 is 2.07 bits per heavy atom. The monoisotopic (exact) mass is 419 g/mol. The van der Waals surface area contributed by atoms with Gasteiger partial charge in [0.25, 0.3) is 0 Å². The van der Waals surface area contributed by atoms with Crippen molar-refractivity contribution in [3.8, 4) is 0 Å². The van der Waals surface area contributed by atoms with E-state index in [0.29, 0.717) is 15.8 Å². The van der Waals surface area contributed by atoms with Crippen molar-refractivity contribution in [1.82, 2.24) is 4.31 Å². The fourth-order valence-electron chi connectivity index (χ4n) is 3.21. The molecule has 4 rings (SSSR count). The van der Waals surface area contributed by atoms with Gasteiger partial charge in [0.15, 0.2) is 5.78 Å². The molecule has 1 unspecified atom stereocenters. The number of rotatable bonds is 5. The second-order valence-corrected chi connectivity index (χ2v) is 9.24. The third kappa shape index (κ3) is 3.66. The van der Waals surface area contributed by atoms with E-state index in [-0.39, 0.29) is 36.9 Å². The molecule has 0 amide bonds. The number of Topliss-reactive ketones (excluding diaryl/α,β-unsaturated/α-hetero) is 1. The average molecular weight is 419 g/mol. The maximum Gasteiger partial charge on any atom is 0.336 e. The smallest absolute Gasteiger partial charge is 0.336 e. The first-order valence-corrected chi connectivity index (χ1v) is 11.0. The number of sulfonamides is 1. The van der Waals surface area contributed by atoms with Gasteiger partial charge in [0, 0.05) is 24.4 Å². The summed E-state index contributed by atoms with van der Waals surface area (Å²) in [5.74, 6) is -0.106. The average Bonchev–Trinajstić information content (AvgIpc) is 3.23. The van der Waals surface area contributed by atoms with Gasteiger partial charge in [0.05, 0.1) is 29.0 Å². The lowest BCUT2D eigenvalue weighted by Crippen LogP contribution is -2.49. The van der Waals surface area contributed by atoms with Gasteiger partial charge in [-0.3, -0.25) is 4.79 Å². The van der Waals surface area contributed by atoms with Crippen LogP contribution in [0.4, 0.5) is 0 Å². The third-order valence-electron chi connectivity index (χ3n) is 4.59. The minimum atomic E-state index is -3.84. The van der Waals surface area contributed by atoms with Crippen LogP contribution in [0.5, 0.6) is 0 Å². The number of hydrogen-bond acceptors (Lipinski definition) is 7. The zero-order valence-corrected chi connectivity index (χ0v) is 16.4. The van der Waals surface area contributed by atoms with Gasteiger partial charge in [0.1, 0.15) is 5.58 Å². The van der Waals surface area contributed by atoms with Gasteiger partial charge in [-0.1, -0.05) is 6.07 Å². The van der Waals surface area contributed by atoms with Gasteiger partial charge in [-0.2, -0.15) is 4.31 Å². The third-order valence-corrected chi connectivity index (χ3v) is 7.45. The summed E-state index contributed by atoms with van der Waals surface area (Å²) < 4.78 is 38.3. The Kier molecular flexibility index (Phi) is 5.15. The summed E-state index contributed by atoms with van der Waals surface area (Å²) in [6, 6.07) is 10.1. The molecule has 28 heavy (non-hydrogen) atoms. The van der Waals surface area contributed by atoms with E-state index >= 15 is 0 Å². The molecule has 146 valence electrons. The van der Waals surface area contributed by atoms with Crippen molar-refractivity contribution in [2.75, 3.05) is 19.8 Å². The van der Waals surface area contributed by atoms with E-state index < -0.39 is 21.7 Å². The standard InChI is InChI=1S/C19H17NO6S2/c21-16(18-2-1-9-27-18)11-14-12-25-8-7-20(14)28(23,24)15-4-5-17-13(10-15)3-6-19(22)26-17/h1-6,9-10,14H,7-8,11-12H2. The van der Waals surface area contributed by atoms with E-state index in [1.54, 1.807) is 12.1 Å². The Hall–Kier alpha value is -2.33. The molecule has 1 atom stereocenters. The molecule has 3 aromatic rings. The second kappa shape index (κ2) is 7.59. The number of thiophene rings is 1. The van der Waals surface area contributed by atoms with Crippen LogP contribution in [-0.4, -0.2) is 44.3 Å². The molecule has 0 N–H and O–H groups in total. The summed E-state index contributed by atoms with van der Waals surface area (Å²) in [7, 11) is -3.84. The van der Waals surface area contributed by atoms with Crippen molar-refractivity contribution >= 4 is 38.1 Å². The van der Waals surface area contributed by atoms with Gasteiger partial charge in [-0.05, 0) is 35.7 Å². The Bertz CT molecular complexity index is 1170. The van der Waals surface area contributed by atoms with Crippen molar-refractivity contribution in [2.45, 2.75) is 17.4 Å². The highest BCUT2D eigenvalue weighted by molar-refractivity contribution is 7.89. The molecular formula is C19H17NO6S2. The van der Waals surface area contributed by atoms with Crippen LogP contribution >= 0.6 is 11.3 Å². The van der Waals surface area contributed by atoms with Crippen molar-refractivity contribution in [3.05, 3.63) is 63.1 Å². The van der Waals surface area contributed by atoms with Crippen LogP contribution in [0.1, 0.15) is 16.1 Å². The van der Waals surface area contributed by atoms with Gasteiger partial charge >= 0.3 is 5.63 Å². The fraction of sp³-hybridized carbons (Fsp3) is 0.263. The molecule has 1 aliphatic rings. The van der Waals surface area contributed by atoms with Crippen molar-refractivity contribution in [1.29, 1.82) is 0 Å². The second-order valence-electron chi connectivity index (χ2n) is 6.40. The van der Waals surface area contributed by atoms with Crippen LogP contribution in [0.25, 0.3) is 11.0 Å².